The first-order valence-corrected chi connectivity index (χ1v) is 9.07. The third kappa shape index (κ3) is 6.07. The number of anilines is 1. The number of thiocarbonyl (C=S) groups is 1. The van der Waals surface area contributed by atoms with Crippen molar-refractivity contribution >= 4 is 34.8 Å². The summed E-state index contributed by atoms with van der Waals surface area (Å²) in [6.45, 7) is 6.23. The molecule has 0 saturated heterocycles. The molecule has 6 nitrogen and oxygen atoms in total. The number of benzene rings is 2. The fourth-order valence-electron chi connectivity index (χ4n) is 2.33. The number of para-hydroxylation sites is 1. The maximum atomic E-state index is 12.3. The van der Waals surface area contributed by atoms with Crippen LogP contribution in [0.2, 0.25) is 0 Å². The summed E-state index contributed by atoms with van der Waals surface area (Å²) in [4.78, 5) is 24.4. The Labute approximate surface area is 164 Å². The van der Waals surface area contributed by atoms with Crippen LogP contribution < -0.4 is 20.7 Å². The third-order valence-corrected chi connectivity index (χ3v) is 3.68. The molecule has 2 aromatic carbocycles. The lowest BCUT2D eigenvalue weighted by Gasteiger charge is -2.13. The van der Waals surface area contributed by atoms with Crippen molar-refractivity contribution in [3.05, 3.63) is 59.7 Å². The molecule has 7 heteroatoms. The van der Waals surface area contributed by atoms with Gasteiger partial charge in [0.25, 0.3) is 11.8 Å². The van der Waals surface area contributed by atoms with Gasteiger partial charge in [0.1, 0.15) is 5.75 Å². The molecule has 0 aliphatic rings. The van der Waals surface area contributed by atoms with Gasteiger partial charge in [-0.05, 0) is 69.4 Å². The van der Waals surface area contributed by atoms with Crippen molar-refractivity contribution < 1.29 is 14.3 Å². The number of ether oxygens (including phenoxy) is 1. The molecular weight excluding hydrogens is 362 g/mol. The minimum atomic E-state index is -0.348. The van der Waals surface area contributed by atoms with E-state index in [0.717, 1.165) is 0 Å². The summed E-state index contributed by atoms with van der Waals surface area (Å²) >= 11 is 5.21. The number of nitrogens with one attached hydrogen (secondary N) is 3. The van der Waals surface area contributed by atoms with E-state index < -0.39 is 0 Å². The summed E-state index contributed by atoms with van der Waals surface area (Å²) in [7, 11) is 0. The van der Waals surface area contributed by atoms with Gasteiger partial charge in [-0.3, -0.25) is 14.9 Å². The molecule has 0 atom stereocenters. The molecule has 0 aromatic heterocycles. The number of hydrogen-bond donors (Lipinski definition) is 3. The zero-order valence-electron chi connectivity index (χ0n) is 15.5. The Morgan fingerprint density at radius 2 is 1.70 bits per heavy atom. The molecule has 0 radical (unpaired) electrons. The van der Waals surface area contributed by atoms with Crippen LogP contribution in [0, 0.1) is 0 Å². The minimum absolute atomic E-state index is 0.0615. The van der Waals surface area contributed by atoms with Gasteiger partial charge in [-0.1, -0.05) is 12.1 Å². The number of carbonyl (C=O) groups excluding carboxylic acids is 2. The highest BCUT2D eigenvalue weighted by Gasteiger charge is 2.13. The Bertz CT molecular complexity index is 819. The average Bonchev–Trinajstić information content (AvgIpc) is 2.62. The summed E-state index contributed by atoms with van der Waals surface area (Å²) in [5, 5.41) is 8.36. The lowest BCUT2D eigenvalue weighted by molar-refractivity contribution is 0.0954. The van der Waals surface area contributed by atoms with Crippen molar-refractivity contribution in [3.63, 3.8) is 0 Å². The maximum absolute atomic E-state index is 12.3. The van der Waals surface area contributed by atoms with E-state index in [1.807, 2.05) is 20.8 Å². The van der Waals surface area contributed by atoms with Gasteiger partial charge < -0.3 is 15.4 Å². The Kier molecular flexibility index (Phi) is 7.31. The van der Waals surface area contributed by atoms with E-state index in [9.17, 15) is 9.59 Å². The van der Waals surface area contributed by atoms with Crippen LogP contribution in [0.25, 0.3) is 0 Å². The molecule has 2 aromatic rings. The standard InChI is InChI=1S/C20H23N3O3S/c1-4-21-19(25)16-7-5-6-8-17(16)22-20(27)23-18(24)14-9-11-15(12-10-14)26-13(2)3/h5-13H,4H2,1-3H3,(H,21,25)(H2,22,23,24,27). The lowest BCUT2D eigenvalue weighted by Crippen LogP contribution is -2.35. The Morgan fingerprint density at radius 3 is 2.33 bits per heavy atom. The smallest absolute Gasteiger partial charge is 0.257 e. The Hall–Kier alpha value is -2.93. The molecular formula is C20H23N3O3S. The van der Waals surface area contributed by atoms with Crippen molar-refractivity contribution in [1.82, 2.24) is 10.6 Å². The number of hydrogen-bond acceptors (Lipinski definition) is 4. The molecule has 0 unspecified atom stereocenters. The number of rotatable bonds is 6. The minimum Gasteiger partial charge on any atom is -0.491 e. The van der Waals surface area contributed by atoms with Crippen LogP contribution in [0.3, 0.4) is 0 Å². The van der Waals surface area contributed by atoms with Crippen LogP contribution in [-0.4, -0.2) is 29.6 Å². The first-order valence-electron chi connectivity index (χ1n) is 8.67. The van der Waals surface area contributed by atoms with E-state index in [-0.39, 0.29) is 23.0 Å². The van der Waals surface area contributed by atoms with Crippen LogP contribution in [0.15, 0.2) is 48.5 Å². The SMILES string of the molecule is CCNC(=O)c1ccccc1NC(=S)NC(=O)c1ccc(OC(C)C)cc1. The summed E-state index contributed by atoms with van der Waals surface area (Å²) in [6, 6.07) is 13.7. The van der Waals surface area contributed by atoms with E-state index in [2.05, 4.69) is 16.0 Å². The number of carbonyl (C=O) groups is 2. The highest BCUT2D eigenvalue weighted by molar-refractivity contribution is 7.80. The average molecular weight is 385 g/mol. The fourth-order valence-corrected chi connectivity index (χ4v) is 2.53. The summed E-state index contributed by atoms with van der Waals surface area (Å²) in [5.74, 6) is 0.132. The van der Waals surface area contributed by atoms with Gasteiger partial charge >= 0.3 is 0 Å². The Balaban J connectivity index is 2.01. The molecule has 0 saturated carbocycles. The van der Waals surface area contributed by atoms with E-state index in [1.165, 1.54) is 0 Å². The van der Waals surface area contributed by atoms with Gasteiger partial charge in [0.15, 0.2) is 5.11 Å². The van der Waals surface area contributed by atoms with E-state index >= 15 is 0 Å². The van der Waals surface area contributed by atoms with Gasteiger partial charge in [0.2, 0.25) is 0 Å². The van der Waals surface area contributed by atoms with Crippen molar-refractivity contribution in [2.75, 3.05) is 11.9 Å². The number of amides is 2. The van der Waals surface area contributed by atoms with Crippen LogP contribution in [0.4, 0.5) is 5.69 Å². The molecule has 142 valence electrons. The molecule has 2 rings (SSSR count). The van der Waals surface area contributed by atoms with Crippen molar-refractivity contribution in [2.45, 2.75) is 26.9 Å². The van der Waals surface area contributed by atoms with Crippen molar-refractivity contribution in [3.8, 4) is 5.75 Å². The van der Waals surface area contributed by atoms with Gasteiger partial charge in [0.05, 0.1) is 17.4 Å². The maximum Gasteiger partial charge on any atom is 0.257 e. The van der Waals surface area contributed by atoms with E-state index in [4.69, 9.17) is 17.0 Å². The van der Waals surface area contributed by atoms with Gasteiger partial charge in [-0.15, -0.1) is 0 Å². The predicted molar refractivity (Wildman–Crippen MR) is 110 cm³/mol. The summed E-state index contributed by atoms with van der Waals surface area (Å²) in [6.07, 6.45) is 0.0615. The van der Waals surface area contributed by atoms with E-state index in [1.54, 1.807) is 48.5 Å². The van der Waals surface area contributed by atoms with Gasteiger partial charge in [-0.2, -0.15) is 0 Å². The monoisotopic (exact) mass is 385 g/mol. The highest BCUT2D eigenvalue weighted by Crippen LogP contribution is 2.16. The lowest BCUT2D eigenvalue weighted by atomic mass is 10.1. The topological polar surface area (TPSA) is 79.5 Å². The fraction of sp³-hybridized carbons (Fsp3) is 0.250. The molecule has 27 heavy (non-hydrogen) atoms. The third-order valence-electron chi connectivity index (χ3n) is 3.47. The second-order valence-corrected chi connectivity index (χ2v) is 6.41. The summed E-state index contributed by atoms with van der Waals surface area (Å²) < 4.78 is 5.56. The van der Waals surface area contributed by atoms with Crippen molar-refractivity contribution in [1.29, 1.82) is 0 Å². The van der Waals surface area contributed by atoms with E-state index in [0.29, 0.717) is 29.1 Å². The normalized spacial score (nSPS) is 10.2. The molecule has 2 amide bonds. The molecule has 0 fully saturated rings. The molecule has 0 heterocycles. The zero-order chi connectivity index (χ0) is 19.8. The molecule has 0 aliphatic heterocycles. The summed E-state index contributed by atoms with van der Waals surface area (Å²) in [5.41, 5.74) is 1.42. The molecule has 0 bridgehead atoms. The highest BCUT2D eigenvalue weighted by atomic mass is 32.1. The van der Waals surface area contributed by atoms with Crippen LogP contribution in [-0.2, 0) is 0 Å². The first kappa shape index (κ1) is 20.4. The first-order chi connectivity index (χ1) is 12.9. The van der Waals surface area contributed by atoms with Crippen LogP contribution >= 0.6 is 12.2 Å². The zero-order valence-corrected chi connectivity index (χ0v) is 16.4. The second-order valence-electron chi connectivity index (χ2n) is 6.00. The Morgan fingerprint density at radius 1 is 1.04 bits per heavy atom. The van der Waals surface area contributed by atoms with Gasteiger partial charge in [0, 0.05) is 12.1 Å². The predicted octanol–water partition coefficient (Wildman–Crippen LogP) is 3.35. The van der Waals surface area contributed by atoms with Crippen LogP contribution in [0.5, 0.6) is 5.75 Å². The molecule has 0 aliphatic carbocycles. The van der Waals surface area contributed by atoms with Gasteiger partial charge in [-0.25, -0.2) is 0 Å². The second kappa shape index (κ2) is 9.68. The molecule has 3 N–H and O–H groups in total. The largest absolute Gasteiger partial charge is 0.491 e. The molecule has 0 spiro atoms. The quantitative estimate of drug-likeness (QED) is 0.665. The van der Waals surface area contributed by atoms with Crippen LogP contribution in [0.1, 0.15) is 41.5 Å². The van der Waals surface area contributed by atoms with Crippen molar-refractivity contribution in [2.24, 2.45) is 0 Å².